The highest BCUT2D eigenvalue weighted by Gasteiger charge is 2.27. The Morgan fingerprint density at radius 1 is 1.40 bits per heavy atom. The first-order valence-corrected chi connectivity index (χ1v) is 5.90. The Labute approximate surface area is 88.2 Å². The van der Waals surface area contributed by atoms with Crippen molar-refractivity contribution in [1.29, 1.82) is 0 Å². The van der Waals surface area contributed by atoms with Crippen molar-refractivity contribution >= 4 is 20.8 Å². The van der Waals surface area contributed by atoms with Crippen molar-refractivity contribution in [3.05, 3.63) is 23.9 Å². The third-order valence-electron chi connectivity index (χ3n) is 1.90. The summed E-state index contributed by atoms with van der Waals surface area (Å²) in [5.41, 5.74) is 5.36. The second-order valence-electron chi connectivity index (χ2n) is 3.35. The number of nitrogens with two attached hydrogens (primary N) is 1. The number of nitrogen functional groups attached to an aromatic ring is 1. The van der Waals surface area contributed by atoms with Gasteiger partial charge in [0.25, 0.3) is 5.12 Å². The number of sulfone groups is 1. The van der Waals surface area contributed by atoms with Crippen LogP contribution < -0.4 is 5.73 Å². The molecule has 0 bridgehead atoms. The number of hydrogen-bond donors (Lipinski definition) is 1. The second kappa shape index (κ2) is 3.98. The first-order valence-electron chi connectivity index (χ1n) is 4.35. The van der Waals surface area contributed by atoms with Gasteiger partial charge in [-0.05, 0) is 26.0 Å². The highest BCUT2D eigenvalue weighted by atomic mass is 32.2. The van der Waals surface area contributed by atoms with E-state index in [-0.39, 0.29) is 11.4 Å². The fraction of sp³-hybridized carbons (Fsp3) is 0.333. The first-order chi connectivity index (χ1) is 6.85. The number of nitrogens with zero attached hydrogens (tertiary/aromatic N) is 1. The van der Waals surface area contributed by atoms with Gasteiger partial charge >= 0.3 is 0 Å². The standard InChI is InChI=1S/C9H12N2O3S/c1-6(2)15(13,14)9(12)7-3-4-8(10)11-5-7/h3-6H,1-2H3,(H2,10,11). The van der Waals surface area contributed by atoms with Crippen LogP contribution in [-0.4, -0.2) is 23.8 Å². The summed E-state index contributed by atoms with van der Waals surface area (Å²) in [6.45, 7) is 2.91. The third kappa shape index (κ3) is 2.33. The van der Waals surface area contributed by atoms with Gasteiger partial charge in [-0.15, -0.1) is 0 Å². The quantitative estimate of drug-likeness (QED) is 0.801. The summed E-state index contributed by atoms with van der Waals surface area (Å²) in [4.78, 5) is 15.2. The lowest BCUT2D eigenvalue weighted by molar-refractivity contribution is 0.107. The average Bonchev–Trinajstić information content (AvgIpc) is 2.17. The molecule has 0 atom stereocenters. The van der Waals surface area contributed by atoms with E-state index in [0.29, 0.717) is 0 Å². The maximum absolute atomic E-state index is 11.6. The van der Waals surface area contributed by atoms with E-state index in [1.54, 1.807) is 0 Å². The highest BCUT2D eigenvalue weighted by Crippen LogP contribution is 2.11. The van der Waals surface area contributed by atoms with Crippen LogP contribution in [0.25, 0.3) is 0 Å². The van der Waals surface area contributed by atoms with Crippen LogP contribution in [0.15, 0.2) is 18.3 Å². The van der Waals surface area contributed by atoms with Crippen LogP contribution >= 0.6 is 0 Å². The van der Waals surface area contributed by atoms with E-state index in [0.717, 1.165) is 6.20 Å². The number of carbonyl (C=O) groups is 1. The molecule has 0 saturated carbocycles. The van der Waals surface area contributed by atoms with E-state index in [1.165, 1.54) is 26.0 Å². The number of hydrogen-bond acceptors (Lipinski definition) is 5. The molecule has 1 aromatic rings. The Kier molecular flexibility index (Phi) is 3.09. The molecule has 0 aliphatic carbocycles. The fourth-order valence-corrected chi connectivity index (χ4v) is 1.78. The molecule has 2 N–H and O–H groups in total. The van der Waals surface area contributed by atoms with Crippen molar-refractivity contribution in [3.63, 3.8) is 0 Å². The summed E-state index contributed by atoms with van der Waals surface area (Å²) in [5, 5.41) is -1.65. The molecule has 0 aliphatic rings. The predicted molar refractivity (Wildman–Crippen MR) is 57.0 cm³/mol. The smallest absolute Gasteiger partial charge is 0.278 e. The van der Waals surface area contributed by atoms with Gasteiger partial charge in [0, 0.05) is 6.20 Å². The van der Waals surface area contributed by atoms with Crippen molar-refractivity contribution in [2.45, 2.75) is 19.1 Å². The van der Waals surface area contributed by atoms with Crippen LogP contribution in [0.5, 0.6) is 0 Å². The Morgan fingerprint density at radius 3 is 2.40 bits per heavy atom. The van der Waals surface area contributed by atoms with Crippen LogP contribution in [0, 0.1) is 0 Å². The lowest BCUT2D eigenvalue weighted by Crippen LogP contribution is -2.24. The van der Waals surface area contributed by atoms with Gasteiger partial charge in [-0.3, -0.25) is 4.79 Å². The molecule has 6 heteroatoms. The lowest BCUT2D eigenvalue weighted by Gasteiger charge is -2.05. The normalized spacial score (nSPS) is 11.7. The lowest BCUT2D eigenvalue weighted by atomic mass is 10.3. The summed E-state index contributed by atoms with van der Waals surface area (Å²) < 4.78 is 23.0. The minimum absolute atomic E-state index is 0.0397. The van der Waals surface area contributed by atoms with E-state index in [9.17, 15) is 13.2 Å². The summed E-state index contributed by atoms with van der Waals surface area (Å²) in [6.07, 6.45) is 1.16. The largest absolute Gasteiger partial charge is 0.384 e. The van der Waals surface area contributed by atoms with E-state index >= 15 is 0 Å². The molecule has 82 valence electrons. The van der Waals surface area contributed by atoms with Gasteiger partial charge in [-0.25, -0.2) is 13.4 Å². The zero-order valence-electron chi connectivity index (χ0n) is 8.47. The molecule has 15 heavy (non-hydrogen) atoms. The molecule has 5 nitrogen and oxygen atoms in total. The van der Waals surface area contributed by atoms with Crippen molar-refractivity contribution < 1.29 is 13.2 Å². The van der Waals surface area contributed by atoms with E-state index < -0.39 is 20.2 Å². The summed E-state index contributed by atoms with van der Waals surface area (Å²) in [5.74, 6) is 0.244. The molecule has 0 saturated heterocycles. The summed E-state index contributed by atoms with van der Waals surface area (Å²) in [7, 11) is -3.76. The third-order valence-corrected chi connectivity index (χ3v) is 3.89. The van der Waals surface area contributed by atoms with Gasteiger partial charge in [0.05, 0.1) is 10.8 Å². The van der Waals surface area contributed by atoms with Gasteiger partial charge in [0.15, 0.2) is 0 Å². The van der Waals surface area contributed by atoms with E-state index in [4.69, 9.17) is 5.73 Å². The fourth-order valence-electron chi connectivity index (χ4n) is 0.904. The predicted octanol–water partition coefficient (Wildman–Crippen LogP) is 0.627. The minimum atomic E-state index is -3.76. The second-order valence-corrected chi connectivity index (χ2v) is 5.76. The Bertz CT molecular complexity index is 463. The molecule has 1 rings (SSSR count). The van der Waals surface area contributed by atoms with Crippen molar-refractivity contribution in [1.82, 2.24) is 4.98 Å². The van der Waals surface area contributed by atoms with Gasteiger partial charge in [0.1, 0.15) is 5.82 Å². The number of anilines is 1. The SMILES string of the molecule is CC(C)S(=O)(=O)C(=O)c1ccc(N)nc1. The van der Waals surface area contributed by atoms with Crippen LogP contribution in [0.4, 0.5) is 5.82 Å². The molecule has 0 amide bonds. The maximum atomic E-state index is 11.6. The molecular weight excluding hydrogens is 216 g/mol. The number of carbonyl (C=O) groups excluding carboxylic acids is 1. The molecule has 1 aromatic heterocycles. The van der Waals surface area contributed by atoms with Gasteiger partial charge in [-0.2, -0.15) is 0 Å². The van der Waals surface area contributed by atoms with E-state index in [1.807, 2.05) is 0 Å². The minimum Gasteiger partial charge on any atom is -0.384 e. The first kappa shape index (κ1) is 11.6. The maximum Gasteiger partial charge on any atom is 0.278 e. The van der Waals surface area contributed by atoms with Gasteiger partial charge in [-0.1, -0.05) is 0 Å². The summed E-state index contributed by atoms with van der Waals surface area (Å²) in [6, 6.07) is 2.74. The number of aromatic nitrogens is 1. The molecule has 0 radical (unpaired) electrons. The molecule has 0 unspecified atom stereocenters. The van der Waals surface area contributed by atoms with Crippen molar-refractivity contribution in [2.24, 2.45) is 0 Å². The van der Waals surface area contributed by atoms with Crippen LogP contribution in [0.2, 0.25) is 0 Å². The number of pyridine rings is 1. The van der Waals surface area contributed by atoms with Gasteiger partial charge in [0.2, 0.25) is 9.84 Å². The zero-order chi connectivity index (χ0) is 11.6. The molecule has 0 fully saturated rings. The van der Waals surface area contributed by atoms with Crippen LogP contribution in [0.1, 0.15) is 24.2 Å². The van der Waals surface area contributed by atoms with Crippen LogP contribution in [-0.2, 0) is 9.84 Å². The highest BCUT2D eigenvalue weighted by molar-refractivity contribution is 8.07. The molecular formula is C9H12N2O3S. The van der Waals surface area contributed by atoms with Crippen molar-refractivity contribution in [3.8, 4) is 0 Å². The Hall–Kier alpha value is -1.43. The Balaban J connectivity index is 3.11. The average molecular weight is 228 g/mol. The topological polar surface area (TPSA) is 90.1 Å². The van der Waals surface area contributed by atoms with Gasteiger partial charge < -0.3 is 5.73 Å². The molecule has 1 heterocycles. The molecule has 0 spiro atoms. The Morgan fingerprint density at radius 2 is 2.00 bits per heavy atom. The monoisotopic (exact) mass is 228 g/mol. The molecule has 0 aromatic carbocycles. The van der Waals surface area contributed by atoms with Crippen molar-refractivity contribution in [2.75, 3.05) is 5.73 Å². The zero-order valence-corrected chi connectivity index (χ0v) is 9.28. The van der Waals surface area contributed by atoms with Crippen LogP contribution in [0.3, 0.4) is 0 Å². The molecule has 0 aliphatic heterocycles. The summed E-state index contributed by atoms with van der Waals surface area (Å²) >= 11 is 0. The number of rotatable bonds is 2. The van der Waals surface area contributed by atoms with E-state index in [2.05, 4.69) is 4.98 Å².